The van der Waals surface area contributed by atoms with E-state index in [0.717, 1.165) is 13.0 Å². The Hall–Kier alpha value is -2.06. The monoisotopic (exact) mass is 264 g/mol. The highest BCUT2D eigenvalue weighted by Gasteiger charge is 2.06. The van der Waals surface area contributed by atoms with Gasteiger partial charge in [-0.2, -0.15) is 0 Å². The van der Waals surface area contributed by atoms with Crippen molar-refractivity contribution < 1.29 is 0 Å². The molecule has 1 heterocycles. The second-order valence-electron chi connectivity index (χ2n) is 5.24. The number of benzene rings is 2. The summed E-state index contributed by atoms with van der Waals surface area (Å²) < 4.78 is 0. The van der Waals surface area contributed by atoms with Crippen LogP contribution in [0.1, 0.15) is 11.1 Å². The van der Waals surface area contributed by atoms with E-state index in [1.54, 1.807) is 0 Å². The van der Waals surface area contributed by atoms with Crippen molar-refractivity contribution in [2.24, 2.45) is 0 Å². The quantitative estimate of drug-likeness (QED) is 0.734. The summed E-state index contributed by atoms with van der Waals surface area (Å²) in [6.07, 6.45) is 3.18. The van der Waals surface area contributed by atoms with Crippen LogP contribution in [0, 0.1) is 6.92 Å². The van der Waals surface area contributed by atoms with Gasteiger partial charge < -0.3 is 10.3 Å². The van der Waals surface area contributed by atoms with E-state index in [9.17, 15) is 0 Å². The second kappa shape index (κ2) is 5.51. The molecule has 0 aliphatic heterocycles. The maximum Gasteiger partial charge on any atom is 0.0463 e. The minimum Gasteiger partial charge on any atom is -0.361 e. The largest absolute Gasteiger partial charge is 0.361 e. The van der Waals surface area contributed by atoms with Crippen LogP contribution in [0.25, 0.3) is 22.0 Å². The Bertz CT molecular complexity index is 725. The lowest BCUT2D eigenvalue weighted by Crippen LogP contribution is -2.09. The number of aromatic nitrogens is 1. The third kappa shape index (κ3) is 2.35. The predicted octanol–water partition coefficient (Wildman–Crippen LogP) is 3.91. The SMILES string of the molecule is CNCCc1c[nH]c2cc(-c3ccccc3C)ccc12. The molecule has 0 fully saturated rings. The lowest BCUT2D eigenvalue weighted by molar-refractivity contribution is 0.795. The van der Waals surface area contributed by atoms with Gasteiger partial charge in [0, 0.05) is 17.1 Å². The van der Waals surface area contributed by atoms with E-state index < -0.39 is 0 Å². The first-order chi connectivity index (χ1) is 9.79. The topological polar surface area (TPSA) is 27.8 Å². The Kier molecular flexibility index (Phi) is 3.57. The van der Waals surface area contributed by atoms with Crippen LogP contribution in [0.15, 0.2) is 48.7 Å². The van der Waals surface area contributed by atoms with Crippen LogP contribution < -0.4 is 5.32 Å². The van der Waals surface area contributed by atoms with E-state index in [-0.39, 0.29) is 0 Å². The molecule has 1 aromatic heterocycles. The molecule has 2 nitrogen and oxygen atoms in total. The summed E-state index contributed by atoms with van der Waals surface area (Å²) in [6.45, 7) is 3.17. The van der Waals surface area contributed by atoms with E-state index in [1.807, 2.05) is 7.05 Å². The fraction of sp³-hybridized carbons (Fsp3) is 0.222. The molecular weight excluding hydrogens is 244 g/mol. The summed E-state index contributed by atoms with van der Waals surface area (Å²) in [5.74, 6) is 0. The first-order valence-corrected chi connectivity index (χ1v) is 7.10. The Labute approximate surface area is 119 Å². The highest BCUT2D eigenvalue weighted by atomic mass is 14.8. The number of fused-ring (bicyclic) bond motifs is 1. The summed E-state index contributed by atoms with van der Waals surface area (Å²) in [4.78, 5) is 3.40. The van der Waals surface area contributed by atoms with Crippen LogP contribution in [-0.2, 0) is 6.42 Å². The molecule has 3 aromatic rings. The van der Waals surface area contributed by atoms with Gasteiger partial charge in [-0.1, -0.05) is 36.4 Å². The molecule has 0 unspecified atom stereocenters. The van der Waals surface area contributed by atoms with Gasteiger partial charge in [0.2, 0.25) is 0 Å². The van der Waals surface area contributed by atoms with Crippen molar-refractivity contribution in [2.75, 3.05) is 13.6 Å². The van der Waals surface area contributed by atoms with Crippen LogP contribution in [0.4, 0.5) is 0 Å². The van der Waals surface area contributed by atoms with E-state index in [2.05, 4.69) is 65.9 Å². The number of H-pyrrole nitrogens is 1. The fourth-order valence-corrected chi connectivity index (χ4v) is 2.72. The number of hydrogen-bond acceptors (Lipinski definition) is 1. The Morgan fingerprint density at radius 1 is 1.10 bits per heavy atom. The van der Waals surface area contributed by atoms with Gasteiger partial charge >= 0.3 is 0 Å². The fourth-order valence-electron chi connectivity index (χ4n) is 2.72. The Morgan fingerprint density at radius 2 is 1.95 bits per heavy atom. The van der Waals surface area contributed by atoms with Gasteiger partial charge in [0.15, 0.2) is 0 Å². The minimum absolute atomic E-state index is 1.01. The smallest absolute Gasteiger partial charge is 0.0463 e. The van der Waals surface area contributed by atoms with Gasteiger partial charge in [0.05, 0.1) is 0 Å². The van der Waals surface area contributed by atoms with Crippen molar-refractivity contribution in [3.63, 3.8) is 0 Å². The molecule has 0 atom stereocenters. The van der Waals surface area contributed by atoms with Crippen molar-refractivity contribution >= 4 is 10.9 Å². The van der Waals surface area contributed by atoms with Gasteiger partial charge in [-0.15, -0.1) is 0 Å². The van der Waals surface area contributed by atoms with Crippen molar-refractivity contribution in [1.29, 1.82) is 0 Å². The van der Waals surface area contributed by atoms with Gasteiger partial charge in [-0.3, -0.25) is 0 Å². The minimum atomic E-state index is 1.01. The van der Waals surface area contributed by atoms with Crippen LogP contribution in [0.5, 0.6) is 0 Å². The third-order valence-corrected chi connectivity index (χ3v) is 3.87. The molecular formula is C18H20N2. The molecule has 0 saturated heterocycles. The molecule has 0 saturated carbocycles. The first kappa shape index (κ1) is 12.9. The zero-order valence-electron chi connectivity index (χ0n) is 12.0. The summed E-state index contributed by atoms with van der Waals surface area (Å²) in [5, 5.41) is 4.53. The number of likely N-dealkylation sites (N-methyl/N-ethyl adjacent to an activating group) is 1. The van der Waals surface area contributed by atoms with Crippen LogP contribution in [0.3, 0.4) is 0 Å². The van der Waals surface area contributed by atoms with Crippen molar-refractivity contribution in [3.8, 4) is 11.1 Å². The van der Waals surface area contributed by atoms with Crippen LogP contribution >= 0.6 is 0 Å². The number of rotatable bonds is 4. The van der Waals surface area contributed by atoms with Gasteiger partial charge in [0.1, 0.15) is 0 Å². The van der Waals surface area contributed by atoms with Crippen molar-refractivity contribution in [2.45, 2.75) is 13.3 Å². The second-order valence-corrected chi connectivity index (χ2v) is 5.24. The summed E-state index contributed by atoms with van der Waals surface area (Å²) in [7, 11) is 1.99. The molecule has 0 spiro atoms. The number of nitrogens with one attached hydrogen (secondary N) is 2. The zero-order chi connectivity index (χ0) is 13.9. The molecule has 2 N–H and O–H groups in total. The molecule has 0 amide bonds. The molecule has 0 aliphatic carbocycles. The Balaban J connectivity index is 2.02. The zero-order valence-corrected chi connectivity index (χ0v) is 12.0. The van der Waals surface area contributed by atoms with Crippen molar-refractivity contribution in [1.82, 2.24) is 10.3 Å². The van der Waals surface area contributed by atoms with Crippen molar-refractivity contribution in [3.05, 3.63) is 59.8 Å². The van der Waals surface area contributed by atoms with Gasteiger partial charge in [0.25, 0.3) is 0 Å². The summed E-state index contributed by atoms with van der Waals surface area (Å²) in [6, 6.07) is 15.2. The summed E-state index contributed by atoms with van der Waals surface area (Å²) >= 11 is 0. The normalized spacial score (nSPS) is 11.1. The number of aromatic amines is 1. The molecule has 0 bridgehead atoms. The third-order valence-electron chi connectivity index (χ3n) is 3.87. The number of aryl methyl sites for hydroxylation is 1. The average molecular weight is 264 g/mol. The van der Waals surface area contributed by atoms with E-state index in [1.165, 1.54) is 33.2 Å². The standard InChI is InChI=1S/C18H20N2/c1-13-5-3-4-6-16(13)14-7-8-17-15(9-10-19-2)12-20-18(17)11-14/h3-8,11-12,19-20H,9-10H2,1-2H3. The van der Waals surface area contributed by atoms with E-state index >= 15 is 0 Å². The average Bonchev–Trinajstić information content (AvgIpc) is 2.88. The van der Waals surface area contributed by atoms with Crippen LogP contribution in [0.2, 0.25) is 0 Å². The maximum absolute atomic E-state index is 3.40. The number of hydrogen-bond donors (Lipinski definition) is 2. The van der Waals surface area contributed by atoms with Gasteiger partial charge in [-0.05, 0) is 55.3 Å². The molecule has 0 aliphatic rings. The van der Waals surface area contributed by atoms with Gasteiger partial charge in [-0.25, -0.2) is 0 Å². The lowest BCUT2D eigenvalue weighted by Gasteiger charge is -2.06. The van der Waals surface area contributed by atoms with E-state index in [0.29, 0.717) is 0 Å². The molecule has 3 rings (SSSR count). The molecule has 2 aromatic carbocycles. The van der Waals surface area contributed by atoms with Crippen LogP contribution in [-0.4, -0.2) is 18.6 Å². The first-order valence-electron chi connectivity index (χ1n) is 7.10. The molecule has 102 valence electrons. The highest BCUT2D eigenvalue weighted by Crippen LogP contribution is 2.28. The summed E-state index contributed by atoms with van der Waals surface area (Å²) in [5.41, 5.74) is 6.50. The highest BCUT2D eigenvalue weighted by molar-refractivity contribution is 5.88. The molecule has 2 heteroatoms. The molecule has 0 radical (unpaired) electrons. The maximum atomic E-state index is 3.40. The molecule has 20 heavy (non-hydrogen) atoms. The van der Waals surface area contributed by atoms with E-state index in [4.69, 9.17) is 0 Å². The Morgan fingerprint density at radius 3 is 2.75 bits per heavy atom. The predicted molar refractivity (Wildman–Crippen MR) is 86.1 cm³/mol. The lowest BCUT2D eigenvalue weighted by atomic mass is 9.99.